The molecule has 2 N–H and O–H groups in total. The van der Waals surface area contributed by atoms with Crippen LogP contribution in [-0.2, 0) is 4.79 Å². The molecule has 0 radical (unpaired) electrons. The Balaban J connectivity index is 1.88. The van der Waals surface area contributed by atoms with E-state index >= 15 is 0 Å². The molecule has 1 fully saturated rings. The summed E-state index contributed by atoms with van der Waals surface area (Å²) in [6.45, 7) is 1.79. The van der Waals surface area contributed by atoms with Crippen LogP contribution in [0.5, 0.6) is 5.75 Å². The fraction of sp³-hybridized carbons (Fsp3) is 0.500. The van der Waals surface area contributed by atoms with E-state index in [1.54, 1.807) is 25.1 Å². The lowest BCUT2D eigenvalue weighted by molar-refractivity contribution is -0.139. The number of carbonyl (C=O) groups excluding carboxylic acids is 1. The Bertz CT molecular complexity index is 496. The number of nitrogens with zero attached hydrogens (tertiary/aromatic N) is 1. The maximum absolute atomic E-state index is 13.0. The zero-order valence-corrected chi connectivity index (χ0v) is 11.4. The molecule has 0 unspecified atom stereocenters. The number of nitrogen functional groups attached to an aromatic ring is 1. The van der Waals surface area contributed by atoms with Crippen LogP contribution in [0.15, 0.2) is 18.2 Å². The molecule has 20 heavy (non-hydrogen) atoms. The highest BCUT2D eigenvalue weighted by Crippen LogP contribution is 2.28. The van der Waals surface area contributed by atoms with Gasteiger partial charge in [0.15, 0.2) is 6.61 Å². The van der Waals surface area contributed by atoms with Gasteiger partial charge in [-0.15, -0.1) is 0 Å². The van der Waals surface area contributed by atoms with Crippen LogP contribution in [0.25, 0.3) is 0 Å². The molecule has 1 heterocycles. The zero-order valence-electron chi connectivity index (χ0n) is 11.4. The largest absolute Gasteiger partial charge is 0.483 e. The van der Waals surface area contributed by atoms with Crippen molar-refractivity contribution in [1.82, 2.24) is 4.90 Å². The van der Waals surface area contributed by atoms with Crippen molar-refractivity contribution in [2.75, 3.05) is 25.4 Å². The van der Waals surface area contributed by atoms with Gasteiger partial charge in [0.05, 0.1) is 0 Å². The first-order chi connectivity index (χ1) is 9.39. The number of hydrogen-bond acceptors (Lipinski definition) is 3. The molecule has 1 saturated heterocycles. The van der Waals surface area contributed by atoms with E-state index in [-0.39, 0.29) is 38.4 Å². The Hall–Kier alpha value is -1.85. The molecule has 0 bridgehead atoms. The minimum Gasteiger partial charge on any atom is -0.483 e. The summed E-state index contributed by atoms with van der Waals surface area (Å²) in [7, 11) is 0. The Morgan fingerprint density at radius 3 is 2.70 bits per heavy atom. The lowest BCUT2D eigenvalue weighted by Gasteiger charge is -2.31. The summed E-state index contributed by atoms with van der Waals surface area (Å²) < 4.78 is 31.4. The summed E-state index contributed by atoms with van der Waals surface area (Å²) in [5.41, 5.74) is 7.10. The number of likely N-dealkylation sites (tertiary alicyclic amines) is 1. The number of nitrogens with two attached hydrogens (primary N) is 1. The second-order valence-electron chi connectivity index (χ2n) is 5.00. The fourth-order valence-corrected chi connectivity index (χ4v) is 2.10. The molecule has 0 spiro atoms. The van der Waals surface area contributed by atoms with Crippen molar-refractivity contribution in [1.29, 1.82) is 0 Å². The van der Waals surface area contributed by atoms with Gasteiger partial charge in [0.1, 0.15) is 5.75 Å². The van der Waals surface area contributed by atoms with Gasteiger partial charge in [-0.3, -0.25) is 4.79 Å². The average Bonchev–Trinajstić information content (AvgIpc) is 2.40. The van der Waals surface area contributed by atoms with E-state index in [9.17, 15) is 13.6 Å². The van der Waals surface area contributed by atoms with Gasteiger partial charge in [0, 0.05) is 37.2 Å². The minimum absolute atomic E-state index is 0.0745. The number of rotatable bonds is 3. The maximum atomic E-state index is 13.0. The summed E-state index contributed by atoms with van der Waals surface area (Å²) in [6, 6.07) is 5.21. The number of carbonyl (C=O) groups is 1. The van der Waals surface area contributed by atoms with Crippen molar-refractivity contribution in [3.05, 3.63) is 23.8 Å². The number of halogens is 2. The van der Waals surface area contributed by atoms with Crippen LogP contribution < -0.4 is 10.5 Å². The highest BCUT2D eigenvalue weighted by molar-refractivity contribution is 5.78. The van der Waals surface area contributed by atoms with E-state index in [0.717, 1.165) is 5.56 Å². The van der Waals surface area contributed by atoms with Crippen molar-refractivity contribution in [3.63, 3.8) is 0 Å². The Labute approximate surface area is 116 Å². The van der Waals surface area contributed by atoms with Crippen molar-refractivity contribution < 1.29 is 18.3 Å². The fourth-order valence-electron chi connectivity index (χ4n) is 2.10. The summed E-state index contributed by atoms with van der Waals surface area (Å²) in [4.78, 5) is 13.3. The molecule has 1 aliphatic rings. The molecule has 110 valence electrons. The molecule has 0 aliphatic carbocycles. The van der Waals surface area contributed by atoms with Crippen molar-refractivity contribution in [3.8, 4) is 5.75 Å². The van der Waals surface area contributed by atoms with Gasteiger partial charge in [-0.05, 0) is 19.1 Å². The molecule has 2 rings (SSSR count). The van der Waals surface area contributed by atoms with E-state index in [2.05, 4.69) is 0 Å². The quantitative estimate of drug-likeness (QED) is 0.866. The smallest absolute Gasteiger partial charge is 0.260 e. The van der Waals surface area contributed by atoms with Crippen LogP contribution in [0.2, 0.25) is 0 Å². The highest BCUT2D eigenvalue weighted by atomic mass is 19.3. The Morgan fingerprint density at radius 2 is 2.05 bits per heavy atom. The van der Waals surface area contributed by atoms with E-state index < -0.39 is 5.92 Å². The second-order valence-corrected chi connectivity index (χ2v) is 5.00. The van der Waals surface area contributed by atoms with Crippen LogP contribution in [0.1, 0.15) is 18.4 Å². The molecular weight excluding hydrogens is 266 g/mol. The summed E-state index contributed by atoms with van der Waals surface area (Å²) in [5.74, 6) is -2.38. The third-order valence-electron chi connectivity index (χ3n) is 3.52. The standard InChI is InChI=1S/C14H18F2N2O2/c1-10-11(17)3-2-4-12(10)20-9-13(19)18-7-5-14(15,16)6-8-18/h2-4H,5-9,17H2,1H3. The molecular formula is C14H18F2N2O2. The second kappa shape index (κ2) is 5.64. The molecule has 0 atom stereocenters. The van der Waals surface area contributed by atoms with Crippen molar-refractivity contribution in [2.24, 2.45) is 0 Å². The van der Waals surface area contributed by atoms with Gasteiger partial charge in [-0.1, -0.05) is 6.07 Å². The molecule has 0 aromatic heterocycles. The van der Waals surface area contributed by atoms with Gasteiger partial charge >= 0.3 is 0 Å². The lowest BCUT2D eigenvalue weighted by atomic mass is 10.1. The number of piperidine rings is 1. The molecule has 6 heteroatoms. The Kier molecular flexibility index (Phi) is 4.11. The molecule has 0 saturated carbocycles. The highest BCUT2D eigenvalue weighted by Gasteiger charge is 2.35. The van der Waals surface area contributed by atoms with Gasteiger partial charge in [-0.2, -0.15) is 0 Å². The van der Waals surface area contributed by atoms with E-state index in [0.29, 0.717) is 11.4 Å². The normalized spacial score (nSPS) is 17.9. The van der Waals surface area contributed by atoms with Crippen molar-refractivity contribution in [2.45, 2.75) is 25.7 Å². The third-order valence-corrected chi connectivity index (χ3v) is 3.52. The van der Waals surface area contributed by atoms with E-state index in [1.807, 2.05) is 0 Å². The molecule has 1 amide bonds. The van der Waals surface area contributed by atoms with Gasteiger partial charge < -0.3 is 15.4 Å². The molecule has 4 nitrogen and oxygen atoms in total. The first kappa shape index (κ1) is 14.6. The maximum Gasteiger partial charge on any atom is 0.260 e. The van der Waals surface area contributed by atoms with Crippen LogP contribution in [0.4, 0.5) is 14.5 Å². The number of amides is 1. The van der Waals surface area contributed by atoms with Crippen molar-refractivity contribution >= 4 is 11.6 Å². The number of alkyl halides is 2. The van der Waals surface area contributed by atoms with E-state index in [4.69, 9.17) is 10.5 Å². The minimum atomic E-state index is -2.65. The van der Waals surface area contributed by atoms with Gasteiger partial charge in [0.25, 0.3) is 11.8 Å². The zero-order chi connectivity index (χ0) is 14.8. The molecule has 1 aliphatic heterocycles. The van der Waals surface area contributed by atoms with Gasteiger partial charge in [-0.25, -0.2) is 8.78 Å². The van der Waals surface area contributed by atoms with Gasteiger partial charge in [0.2, 0.25) is 0 Å². The lowest BCUT2D eigenvalue weighted by Crippen LogP contribution is -2.44. The number of anilines is 1. The van der Waals surface area contributed by atoms with E-state index in [1.165, 1.54) is 4.90 Å². The summed E-state index contributed by atoms with van der Waals surface area (Å²) >= 11 is 0. The average molecular weight is 284 g/mol. The first-order valence-corrected chi connectivity index (χ1v) is 6.52. The number of benzene rings is 1. The van der Waals surface area contributed by atoms with Crippen LogP contribution in [-0.4, -0.2) is 36.4 Å². The summed E-state index contributed by atoms with van der Waals surface area (Å²) in [6.07, 6.45) is -0.563. The number of hydrogen-bond donors (Lipinski definition) is 1. The SMILES string of the molecule is Cc1c(N)cccc1OCC(=O)N1CCC(F)(F)CC1. The topological polar surface area (TPSA) is 55.6 Å². The monoisotopic (exact) mass is 284 g/mol. The first-order valence-electron chi connectivity index (χ1n) is 6.52. The van der Waals surface area contributed by atoms with Crippen LogP contribution in [0, 0.1) is 6.92 Å². The number of ether oxygens (including phenoxy) is 1. The molecule has 1 aromatic rings. The predicted molar refractivity (Wildman–Crippen MR) is 71.8 cm³/mol. The van der Waals surface area contributed by atoms with Crippen LogP contribution in [0.3, 0.4) is 0 Å². The molecule has 1 aromatic carbocycles. The van der Waals surface area contributed by atoms with Crippen LogP contribution >= 0.6 is 0 Å². The predicted octanol–water partition coefficient (Wildman–Crippen LogP) is 2.21. The summed E-state index contributed by atoms with van der Waals surface area (Å²) in [5, 5.41) is 0. The third kappa shape index (κ3) is 3.37. The Morgan fingerprint density at radius 1 is 1.40 bits per heavy atom.